The molecule has 2 aromatic rings. The summed E-state index contributed by atoms with van der Waals surface area (Å²) in [5.74, 6) is 2.19. The van der Waals surface area contributed by atoms with Crippen molar-refractivity contribution in [2.24, 2.45) is 0 Å². The number of rotatable bonds is 3. The van der Waals surface area contributed by atoms with Crippen molar-refractivity contribution in [3.8, 4) is 12.3 Å². The van der Waals surface area contributed by atoms with Crippen LogP contribution in [-0.2, 0) is 0 Å². The third-order valence-corrected chi connectivity index (χ3v) is 2.54. The number of hydrogen-bond acceptors (Lipinski definition) is 3. The normalized spacial score (nSPS) is 9.94. The van der Waals surface area contributed by atoms with Crippen LogP contribution in [0.5, 0.6) is 0 Å². The van der Waals surface area contributed by atoms with E-state index in [1.54, 1.807) is 6.07 Å². The molecule has 0 saturated heterocycles. The maximum absolute atomic E-state index is 11.8. The number of carbonyl (C=O) groups excluding carboxylic acids is 1. The van der Waals surface area contributed by atoms with E-state index in [1.807, 2.05) is 24.3 Å². The monoisotopic (exact) mass is 239 g/mol. The zero-order chi connectivity index (χ0) is 13.0. The third-order valence-electron chi connectivity index (χ3n) is 2.54. The predicted octanol–water partition coefficient (Wildman–Crippen LogP) is 1.57. The van der Waals surface area contributed by atoms with Gasteiger partial charge in [0.25, 0.3) is 5.91 Å². The van der Waals surface area contributed by atoms with Crippen molar-refractivity contribution < 1.29 is 4.79 Å². The molecule has 2 rings (SSSR count). The smallest absolute Gasteiger partial charge is 0.270 e. The first-order valence-corrected chi connectivity index (χ1v) is 5.59. The van der Waals surface area contributed by atoms with Crippen LogP contribution in [0.4, 0.5) is 5.69 Å². The van der Waals surface area contributed by atoms with Gasteiger partial charge in [-0.1, -0.05) is 18.2 Å². The first kappa shape index (κ1) is 11.9. The molecule has 0 saturated carbocycles. The van der Waals surface area contributed by atoms with E-state index in [2.05, 4.69) is 16.2 Å². The number of hydrogen-bond donors (Lipinski definition) is 2. The highest BCUT2D eigenvalue weighted by Crippen LogP contribution is 2.19. The third kappa shape index (κ3) is 2.41. The molecule has 0 aliphatic carbocycles. The maximum Gasteiger partial charge on any atom is 0.270 e. The molecule has 0 aliphatic rings. The van der Waals surface area contributed by atoms with E-state index in [0.717, 1.165) is 5.39 Å². The van der Waals surface area contributed by atoms with E-state index in [1.165, 1.54) is 0 Å². The lowest BCUT2D eigenvalue weighted by Gasteiger charge is -2.06. The van der Waals surface area contributed by atoms with Gasteiger partial charge in [0.2, 0.25) is 0 Å². The number of nitrogens with one attached hydrogen (secondary N) is 1. The van der Waals surface area contributed by atoms with E-state index in [9.17, 15) is 4.79 Å². The molecule has 0 fully saturated rings. The Morgan fingerprint density at radius 3 is 3.00 bits per heavy atom. The number of anilines is 1. The number of benzene rings is 1. The highest BCUT2D eigenvalue weighted by molar-refractivity contribution is 5.99. The summed E-state index contributed by atoms with van der Waals surface area (Å²) in [6, 6.07) is 9.01. The van der Waals surface area contributed by atoms with Gasteiger partial charge in [-0.3, -0.25) is 4.79 Å². The average molecular weight is 239 g/mol. The molecule has 4 heteroatoms. The van der Waals surface area contributed by atoms with Gasteiger partial charge in [-0.05, 0) is 12.1 Å². The van der Waals surface area contributed by atoms with Crippen molar-refractivity contribution in [2.75, 3.05) is 12.3 Å². The van der Waals surface area contributed by atoms with E-state index in [4.69, 9.17) is 12.2 Å². The zero-order valence-corrected chi connectivity index (χ0v) is 9.81. The number of nitrogen functional groups attached to an aromatic ring is 1. The fourth-order valence-corrected chi connectivity index (χ4v) is 1.66. The number of carbonyl (C=O) groups is 1. The highest BCUT2D eigenvalue weighted by Gasteiger charge is 2.09. The van der Waals surface area contributed by atoms with Crippen LogP contribution in [0.1, 0.15) is 16.9 Å². The second kappa shape index (κ2) is 5.19. The lowest BCUT2D eigenvalue weighted by Crippen LogP contribution is -2.25. The Morgan fingerprint density at radius 2 is 2.22 bits per heavy atom. The number of amides is 1. The van der Waals surface area contributed by atoms with Crippen LogP contribution < -0.4 is 11.1 Å². The number of aromatic nitrogens is 1. The summed E-state index contributed by atoms with van der Waals surface area (Å²) in [4.78, 5) is 16.1. The SMILES string of the molecule is C#CCCNC(=O)c1cc(N)c2ccccc2n1. The summed E-state index contributed by atoms with van der Waals surface area (Å²) in [7, 11) is 0. The molecular formula is C14H13N3O. The van der Waals surface area contributed by atoms with Crippen LogP contribution >= 0.6 is 0 Å². The fourth-order valence-electron chi connectivity index (χ4n) is 1.66. The van der Waals surface area contributed by atoms with Gasteiger partial charge in [0.1, 0.15) is 5.69 Å². The number of terminal acetylenes is 1. The van der Waals surface area contributed by atoms with E-state index < -0.39 is 0 Å². The summed E-state index contributed by atoms with van der Waals surface area (Å²) in [6.07, 6.45) is 5.61. The topological polar surface area (TPSA) is 68.0 Å². The molecule has 4 nitrogen and oxygen atoms in total. The molecular weight excluding hydrogens is 226 g/mol. The minimum absolute atomic E-state index is 0.261. The Balaban J connectivity index is 2.29. The molecule has 0 radical (unpaired) electrons. The molecule has 18 heavy (non-hydrogen) atoms. The van der Waals surface area contributed by atoms with Crippen molar-refractivity contribution >= 4 is 22.5 Å². The van der Waals surface area contributed by atoms with Crippen molar-refractivity contribution in [2.45, 2.75) is 6.42 Å². The van der Waals surface area contributed by atoms with Gasteiger partial charge in [0.15, 0.2) is 0 Å². The molecule has 0 bridgehead atoms. The largest absolute Gasteiger partial charge is 0.398 e. The minimum atomic E-state index is -0.261. The molecule has 1 amide bonds. The number of para-hydroxylation sites is 1. The summed E-state index contributed by atoms with van der Waals surface area (Å²) in [5.41, 5.74) is 7.46. The van der Waals surface area contributed by atoms with Gasteiger partial charge >= 0.3 is 0 Å². The van der Waals surface area contributed by atoms with Crippen LogP contribution in [-0.4, -0.2) is 17.4 Å². The molecule has 1 heterocycles. The molecule has 0 aliphatic heterocycles. The molecule has 1 aromatic heterocycles. The second-order valence-corrected chi connectivity index (χ2v) is 3.82. The van der Waals surface area contributed by atoms with Gasteiger partial charge in [-0.25, -0.2) is 4.98 Å². The van der Waals surface area contributed by atoms with Crippen LogP contribution in [0.25, 0.3) is 10.9 Å². The molecule has 1 aromatic carbocycles. The standard InChI is InChI=1S/C14H13N3O/c1-2-3-8-16-14(18)13-9-11(15)10-6-4-5-7-12(10)17-13/h1,4-7,9H,3,8H2,(H2,15,17)(H,16,18). The highest BCUT2D eigenvalue weighted by atomic mass is 16.1. The van der Waals surface area contributed by atoms with Gasteiger partial charge in [0, 0.05) is 24.0 Å². The molecule has 3 N–H and O–H groups in total. The van der Waals surface area contributed by atoms with Crippen molar-refractivity contribution in [3.05, 3.63) is 36.0 Å². The summed E-state index contributed by atoms with van der Waals surface area (Å²) >= 11 is 0. The van der Waals surface area contributed by atoms with Crippen molar-refractivity contribution in [3.63, 3.8) is 0 Å². The van der Waals surface area contributed by atoms with Crippen LogP contribution in [0.15, 0.2) is 30.3 Å². The molecule has 90 valence electrons. The van der Waals surface area contributed by atoms with Crippen LogP contribution in [0.3, 0.4) is 0 Å². The summed E-state index contributed by atoms with van der Waals surface area (Å²) < 4.78 is 0. The number of fused-ring (bicyclic) bond motifs is 1. The van der Waals surface area contributed by atoms with E-state index >= 15 is 0 Å². The van der Waals surface area contributed by atoms with Gasteiger partial charge in [-0.15, -0.1) is 12.3 Å². The minimum Gasteiger partial charge on any atom is -0.398 e. The molecule has 0 spiro atoms. The number of pyridine rings is 1. The zero-order valence-electron chi connectivity index (χ0n) is 9.81. The van der Waals surface area contributed by atoms with Crippen molar-refractivity contribution in [1.29, 1.82) is 0 Å². The predicted molar refractivity (Wildman–Crippen MR) is 71.9 cm³/mol. The lowest BCUT2D eigenvalue weighted by atomic mass is 10.1. The van der Waals surface area contributed by atoms with Gasteiger partial charge in [0.05, 0.1) is 5.52 Å². The summed E-state index contributed by atoms with van der Waals surface area (Å²) in [6.45, 7) is 0.434. The Labute approximate surface area is 105 Å². The second-order valence-electron chi connectivity index (χ2n) is 3.82. The Kier molecular flexibility index (Phi) is 3.44. The number of nitrogens with zero attached hydrogens (tertiary/aromatic N) is 1. The maximum atomic E-state index is 11.8. The molecule has 0 unspecified atom stereocenters. The van der Waals surface area contributed by atoms with E-state index in [0.29, 0.717) is 29.9 Å². The number of nitrogens with two attached hydrogens (primary N) is 1. The van der Waals surface area contributed by atoms with Crippen LogP contribution in [0.2, 0.25) is 0 Å². The fraction of sp³-hybridized carbons (Fsp3) is 0.143. The first-order valence-electron chi connectivity index (χ1n) is 5.59. The first-order chi connectivity index (χ1) is 8.72. The lowest BCUT2D eigenvalue weighted by molar-refractivity contribution is 0.0950. The Hall–Kier alpha value is -2.54. The van der Waals surface area contributed by atoms with Crippen LogP contribution in [0, 0.1) is 12.3 Å². The van der Waals surface area contributed by atoms with Gasteiger partial charge < -0.3 is 11.1 Å². The summed E-state index contributed by atoms with van der Waals surface area (Å²) in [5, 5.41) is 3.54. The Morgan fingerprint density at radius 1 is 1.44 bits per heavy atom. The quantitative estimate of drug-likeness (QED) is 0.631. The van der Waals surface area contributed by atoms with E-state index in [-0.39, 0.29) is 5.91 Å². The molecule has 0 atom stereocenters. The van der Waals surface area contributed by atoms with Gasteiger partial charge in [-0.2, -0.15) is 0 Å². The average Bonchev–Trinajstić information content (AvgIpc) is 2.39. The Bertz CT molecular complexity index is 628. The van der Waals surface area contributed by atoms with Crippen molar-refractivity contribution in [1.82, 2.24) is 10.3 Å².